The lowest BCUT2D eigenvalue weighted by molar-refractivity contribution is 0.588. The first-order valence-corrected chi connectivity index (χ1v) is 6.90. The standard InChI is InChI=1S/C12H22N2S/c1-2-3-4-5-6-7-8-9-11-12(13)15-10-14-11/h10H,2-9,13H2,1H3. The number of aryl methyl sites for hydroxylation is 1. The summed E-state index contributed by atoms with van der Waals surface area (Å²) in [7, 11) is 0. The molecule has 0 atom stereocenters. The first-order valence-electron chi connectivity index (χ1n) is 6.02. The van der Waals surface area contributed by atoms with Gasteiger partial charge in [0.25, 0.3) is 0 Å². The summed E-state index contributed by atoms with van der Waals surface area (Å²) in [6.07, 6.45) is 10.5. The minimum atomic E-state index is 0.904. The maximum absolute atomic E-state index is 5.78. The molecule has 0 bridgehead atoms. The van der Waals surface area contributed by atoms with Crippen LogP contribution in [0.3, 0.4) is 0 Å². The molecule has 0 saturated carbocycles. The highest BCUT2D eigenvalue weighted by Crippen LogP contribution is 2.18. The second-order valence-corrected chi connectivity index (χ2v) is 4.92. The van der Waals surface area contributed by atoms with Crippen molar-refractivity contribution in [1.29, 1.82) is 0 Å². The monoisotopic (exact) mass is 226 g/mol. The molecule has 0 aromatic carbocycles. The average Bonchev–Trinajstić information content (AvgIpc) is 2.63. The fourth-order valence-electron chi connectivity index (χ4n) is 1.72. The summed E-state index contributed by atoms with van der Waals surface area (Å²) in [6, 6.07) is 0. The molecule has 0 aliphatic heterocycles. The van der Waals surface area contributed by atoms with Crippen molar-refractivity contribution < 1.29 is 0 Å². The van der Waals surface area contributed by atoms with Gasteiger partial charge in [-0.25, -0.2) is 4.98 Å². The molecule has 0 radical (unpaired) electrons. The summed E-state index contributed by atoms with van der Waals surface area (Å²) in [6.45, 7) is 2.25. The van der Waals surface area contributed by atoms with Crippen LogP contribution in [-0.2, 0) is 6.42 Å². The number of hydrogen-bond acceptors (Lipinski definition) is 3. The smallest absolute Gasteiger partial charge is 0.109 e. The zero-order chi connectivity index (χ0) is 10.9. The van der Waals surface area contributed by atoms with Gasteiger partial charge in [0, 0.05) is 0 Å². The van der Waals surface area contributed by atoms with E-state index in [2.05, 4.69) is 11.9 Å². The molecule has 1 rings (SSSR count). The maximum Gasteiger partial charge on any atom is 0.109 e. The van der Waals surface area contributed by atoms with Gasteiger partial charge in [0.15, 0.2) is 0 Å². The Bertz CT molecular complexity index is 258. The van der Waals surface area contributed by atoms with E-state index < -0.39 is 0 Å². The van der Waals surface area contributed by atoms with E-state index in [1.54, 1.807) is 11.3 Å². The normalized spacial score (nSPS) is 10.7. The van der Waals surface area contributed by atoms with E-state index in [0.717, 1.165) is 17.1 Å². The van der Waals surface area contributed by atoms with E-state index in [4.69, 9.17) is 5.73 Å². The molecule has 0 amide bonds. The number of rotatable bonds is 8. The molecule has 2 nitrogen and oxygen atoms in total. The third-order valence-electron chi connectivity index (χ3n) is 2.69. The van der Waals surface area contributed by atoms with E-state index in [1.807, 2.05) is 5.51 Å². The van der Waals surface area contributed by atoms with Crippen LogP contribution in [0.5, 0.6) is 0 Å². The van der Waals surface area contributed by atoms with Crippen molar-refractivity contribution in [2.75, 3.05) is 5.73 Å². The molecule has 1 aromatic rings. The summed E-state index contributed by atoms with van der Waals surface area (Å²) in [5.74, 6) is 0. The zero-order valence-corrected chi connectivity index (χ0v) is 10.5. The molecule has 1 heterocycles. The second-order valence-electron chi connectivity index (χ2n) is 4.03. The van der Waals surface area contributed by atoms with Gasteiger partial charge in [-0.2, -0.15) is 0 Å². The van der Waals surface area contributed by atoms with Crippen molar-refractivity contribution in [3.8, 4) is 0 Å². The van der Waals surface area contributed by atoms with E-state index in [1.165, 1.54) is 44.9 Å². The summed E-state index contributed by atoms with van der Waals surface area (Å²) in [5, 5.41) is 0.904. The van der Waals surface area contributed by atoms with Crippen molar-refractivity contribution in [3.63, 3.8) is 0 Å². The van der Waals surface area contributed by atoms with Crippen molar-refractivity contribution in [1.82, 2.24) is 4.98 Å². The molecule has 0 unspecified atom stereocenters. The third-order valence-corrected chi connectivity index (χ3v) is 3.39. The molecular formula is C12H22N2S. The average molecular weight is 226 g/mol. The Morgan fingerprint density at radius 2 is 1.80 bits per heavy atom. The topological polar surface area (TPSA) is 38.9 Å². The third kappa shape index (κ3) is 5.17. The molecule has 0 fully saturated rings. The molecule has 0 saturated heterocycles. The minimum absolute atomic E-state index is 0.904. The highest BCUT2D eigenvalue weighted by molar-refractivity contribution is 7.13. The number of nitrogens with two attached hydrogens (primary N) is 1. The summed E-state index contributed by atoms with van der Waals surface area (Å²) in [4.78, 5) is 4.26. The van der Waals surface area contributed by atoms with Gasteiger partial charge in [-0.05, 0) is 12.8 Å². The summed E-state index contributed by atoms with van der Waals surface area (Å²) in [5.41, 5.74) is 8.72. The number of hydrogen-bond donors (Lipinski definition) is 1. The summed E-state index contributed by atoms with van der Waals surface area (Å²) < 4.78 is 0. The molecule has 0 aliphatic rings. The van der Waals surface area contributed by atoms with Crippen LogP contribution in [-0.4, -0.2) is 4.98 Å². The summed E-state index contributed by atoms with van der Waals surface area (Å²) >= 11 is 1.55. The molecule has 3 heteroatoms. The number of nitrogen functional groups attached to an aromatic ring is 1. The SMILES string of the molecule is CCCCCCCCCc1ncsc1N. The first kappa shape index (κ1) is 12.5. The lowest BCUT2D eigenvalue weighted by Crippen LogP contribution is -1.91. The molecule has 1 aromatic heterocycles. The number of nitrogens with zero attached hydrogens (tertiary/aromatic N) is 1. The Labute approximate surface area is 96.9 Å². The molecular weight excluding hydrogens is 204 g/mol. The maximum atomic E-state index is 5.78. The quantitative estimate of drug-likeness (QED) is 0.680. The second kappa shape index (κ2) is 7.69. The molecule has 2 N–H and O–H groups in total. The van der Waals surface area contributed by atoms with Crippen molar-refractivity contribution in [2.24, 2.45) is 0 Å². The van der Waals surface area contributed by atoms with Crippen LogP contribution in [0.1, 0.15) is 57.6 Å². The number of thiazole rings is 1. The van der Waals surface area contributed by atoms with E-state index in [9.17, 15) is 0 Å². The van der Waals surface area contributed by atoms with Crippen LogP contribution in [0.25, 0.3) is 0 Å². The minimum Gasteiger partial charge on any atom is -0.389 e. The van der Waals surface area contributed by atoms with Gasteiger partial charge in [0.2, 0.25) is 0 Å². The largest absolute Gasteiger partial charge is 0.389 e. The van der Waals surface area contributed by atoms with E-state index in [-0.39, 0.29) is 0 Å². The van der Waals surface area contributed by atoms with E-state index >= 15 is 0 Å². The van der Waals surface area contributed by atoms with Crippen LogP contribution in [0.2, 0.25) is 0 Å². The lowest BCUT2D eigenvalue weighted by Gasteiger charge is -2.00. The Balaban J connectivity index is 1.96. The van der Waals surface area contributed by atoms with Gasteiger partial charge in [0.1, 0.15) is 5.00 Å². The van der Waals surface area contributed by atoms with Gasteiger partial charge >= 0.3 is 0 Å². The molecule has 0 spiro atoms. The molecule has 15 heavy (non-hydrogen) atoms. The van der Waals surface area contributed by atoms with Crippen LogP contribution in [0.4, 0.5) is 5.00 Å². The van der Waals surface area contributed by atoms with Gasteiger partial charge in [0.05, 0.1) is 11.2 Å². The van der Waals surface area contributed by atoms with E-state index in [0.29, 0.717) is 0 Å². The van der Waals surface area contributed by atoms with Gasteiger partial charge < -0.3 is 5.73 Å². The Hall–Kier alpha value is -0.570. The zero-order valence-electron chi connectivity index (χ0n) is 9.67. The molecule has 0 aliphatic carbocycles. The number of unbranched alkanes of at least 4 members (excludes halogenated alkanes) is 6. The fraction of sp³-hybridized carbons (Fsp3) is 0.750. The predicted molar refractivity (Wildman–Crippen MR) is 68.2 cm³/mol. The van der Waals surface area contributed by atoms with Crippen molar-refractivity contribution >= 4 is 16.3 Å². The Morgan fingerprint density at radius 3 is 2.40 bits per heavy atom. The van der Waals surface area contributed by atoms with Crippen molar-refractivity contribution in [3.05, 3.63) is 11.2 Å². The Kier molecular flexibility index (Phi) is 6.41. The highest BCUT2D eigenvalue weighted by atomic mass is 32.1. The van der Waals surface area contributed by atoms with Crippen LogP contribution >= 0.6 is 11.3 Å². The van der Waals surface area contributed by atoms with Gasteiger partial charge in [-0.15, -0.1) is 11.3 Å². The fourth-order valence-corrected chi connectivity index (χ4v) is 2.30. The number of aromatic nitrogens is 1. The highest BCUT2D eigenvalue weighted by Gasteiger charge is 2.01. The predicted octanol–water partition coefficient (Wildman–Crippen LogP) is 4.02. The van der Waals surface area contributed by atoms with Crippen LogP contribution in [0.15, 0.2) is 5.51 Å². The van der Waals surface area contributed by atoms with Crippen molar-refractivity contribution in [2.45, 2.75) is 58.3 Å². The van der Waals surface area contributed by atoms with Crippen LogP contribution in [0, 0.1) is 0 Å². The first-order chi connectivity index (χ1) is 7.34. The number of anilines is 1. The van der Waals surface area contributed by atoms with Gasteiger partial charge in [-0.3, -0.25) is 0 Å². The van der Waals surface area contributed by atoms with Gasteiger partial charge in [-0.1, -0.05) is 45.4 Å². The lowest BCUT2D eigenvalue weighted by atomic mass is 10.1. The van der Waals surface area contributed by atoms with Crippen LogP contribution < -0.4 is 5.73 Å². The molecule has 86 valence electrons. The Morgan fingerprint density at radius 1 is 1.13 bits per heavy atom.